The van der Waals surface area contributed by atoms with E-state index < -0.39 is 0 Å². The highest BCUT2D eigenvalue weighted by molar-refractivity contribution is 5.85. The van der Waals surface area contributed by atoms with Crippen molar-refractivity contribution in [3.05, 3.63) is 29.7 Å². The van der Waals surface area contributed by atoms with Gasteiger partial charge in [-0.05, 0) is 56.3 Å². The second kappa shape index (κ2) is 7.81. The molecule has 0 unspecified atom stereocenters. The molecule has 2 saturated heterocycles. The third kappa shape index (κ3) is 3.57. The van der Waals surface area contributed by atoms with Crippen LogP contribution in [0.25, 0.3) is 11.0 Å². The number of methoxy groups -OCH3 is 1. The van der Waals surface area contributed by atoms with Gasteiger partial charge in [0, 0.05) is 17.7 Å². The smallest absolute Gasteiger partial charge is 0.222 e. The largest absolute Gasteiger partial charge is 0.495 e. The molecule has 0 radical (unpaired) electrons. The number of pyridine rings is 1. The molecule has 4 N–H and O–H groups in total. The number of piperidine rings is 1. The quantitative estimate of drug-likeness (QED) is 0.597. The molecule has 3 fully saturated rings. The molecule has 0 amide bonds. The minimum Gasteiger partial charge on any atom is -0.495 e. The van der Waals surface area contributed by atoms with Crippen molar-refractivity contribution in [1.29, 1.82) is 0 Å². The number of aromatic nitrogens is 5. The van der Waals surface area contributed by atoms with E-state index in [0.29, 0.717) is 34.7 Å². The number of nitrogen functional groups attached to an aromatic ring is 2. The molecular weight excluding hydrogens is 420 g/mol. The topological polar surface area (TPSA) is 130 Å². The van der Waals surface area contributed by atoms with Crippen LogP contribution in [0.2, 0.25) is 0 Å². The molecule has 3 aromatic rings. The van der Waals surface area contributed by atoms with Gasteiger partial charge in [0.1, 0.15) is 22.5 Å². The summed E-state index contributed by atoms with van der Waals surface area (Å²) in [6.45, 7) is 4.66. The number of hydrogen-bond acceptors (Lipinski definition) is 9. The maximum atomic E-state index is 6.07. The van der Waals surface area contributed by atoms with Crippen molar-refractivity contribution in [2.75, 3.05) is 44.9 Å². The van der Waals surface area contributed by atoms with Gasteiger partial charge in [-0.1, -0.05) is 0 Å². The summed E-state index contributed by atoms with van der Waals surface area (Å²) in [6.07, 6.45) is 8.57. The van der Waals surface area contributed by atoms with Crippen LogP contribution in [0.4, 0.5) is 11.8 Å². The van der Waals surface area contributed by atoms with Gasteiger partial charge in [-0.2, -0.15) is 10.1 Å². The average molecular weight is 451 g/mol. The van der Waals surface area contributed by atoms with Crippen LogP contribution >= 0.6 is 0 Å². The van der Waals surface area contributed by atoms with Crippen molar-refractivity contribution in [1.82, 2.24) is 29.6 Å². The molecule has 1 spiro atoms. The standard InChI is InChI=1S/C23H30N8O2/c1-32-19-6-15(14-2-4-30(5-3-14)16-7-23(8-16)12-33-13-23)9-26-18(19)11-31-20-17(10-27-31)28-22(25)29-21(20)24/h6,9-10,14,16H,2-5,7-8,11-13H2,1H3,(H4,24,25,28,29). The molecule has 5 heterocycles. The summed E-state index contributed by atoms with van der Waals surface area (Å²) in [5.41, 5.74) is 15.6. The Morgan fingerprint density at radius 2 is 1.94 bits per heavy atom. The Morgan fingerprint density at radius 3 is 2.64 bits per heavy atom. The molecule has 3 aliphatic rings. The van der Waals surface area contributed by atoms with Crippen LogP contribution < -0.4 is 16.2 Å². The molecule has 1 aliphatic carbocycles. The number of anilines is 2. The normalized spacial score (nSPS) is 21.2. The molecule has 0 aromatic carbocycles. The highest BCUT2D eigenvalue weighted by Gasteiger charge is 2.51. The first-order chi connectivity index (χ1) is 16.0. The summed E-state index contributed by atoms with van der Waals surface area (Å²) in [6, 6.07) is 2.89. The number of rotatable bonds is 5. The van der Waals surface area contributed by atoms with E-state index in [1.165, 1.54) is 18.4 Å². The van der Waals surface area contributed by atoms with Gasteiger partial charge in [0.25, 0.3) is 0 Å². The highest BCUT2D eigenvalue weighted by atomic mass is 16.5. The number of ether oxygens (including phenoxy) is 2. The van der Waals surface area contributed by atoms with Crippen molar-refractivity contribution in [2.24, 2.45) is 5.41 Å². The molecule has 0 bridgehead atoms. The second-order valence-corrected chi connectivity index (χ2v) is 9.79. The fourth-order valence-electron chi connectivity index (χ4n) is 5.74. The molecule has 33 heavy (non-hydrogen) atoms. The number of likely N-dealkylation sites (tertiary alicyclic amines) is 1. The molecule has 0 atom stereocenters. The zero-order valence-electron chi connectivity index (χ0n) is 18.9. The van der Waals surface area contributed by atoms with Crippen LogP contribution in [0.1, 0.15) is 42.9 Å². The van der Waals surface area contributed by atoms with Crippen molar-refractivity contribution in [2.45, 2.75) is 44.2 Å². The SMILES string of the molecule is COc1cc(C2CCN(C3CC4(COC4)C3)CC2)cnc1Cn1ncc2nc(N)nc(N)c21. The van der Waals surface area contributed by atoms with Crippen LogP contribution in [0.3, 0.4) is 0 Å². The van der Waals surface area contributed by atoms with Crippen LogP contribution in [-0.4, -0.2) is 69.1 Å². The average Bonchev–Trinajstić information content (AvgIpc) is 3.15. The molecule has 10 heteroatoms. The summed E-state index contributed by atoms with van der Waals surface area (Å²) >= 11 is 0. The lowest BCUT2D eigenvalue weighted by atomic mass is 9.63. The number of nitrogens with two attached hydrogens (primary N) is 2. The van der Waals surface area contributed by atoms with Crippen LogP contribution in [-0.2, 0) is 11.3 Å². The van der Waals surface area contributed by atoms with Gasteiger partial charge < -0.3 is 25.8 Å². The first-order valence-electron chi connectivity index (χ1n) is 11.6. The zero-order chi connectivity index (χ0) is 22.6. The molecule has 6 rings (SSSR count). The number of fused-ring (bicyclic) bond motifs is 1. The first kappa shape index (κ1) is 20.6. The molecule has 2 aliphatic heterocycles. The van der Waals surface area contributed by atoms with Gasteiger partial charge in [0.15, 0.2) is 5.82 Å². The Balaban J connectivity index is 1.14. The predicted octanol–water partition coefficient (Wildman–Crippen LogP) is 1.80. The molecule has 10 nitrogen and oxygen atoms in total. The van der Waals surface area contributed by atoms with Crippen molar-refractivity contribution >= 4 is 22.8 Å². The Morgan fingerprint density at radius 1 is 1.15 bits per heavy atom. The molecule has 1 saturated carbocycles. The Labute approximate surface area is 192 Å². The van der Waals surface area contributed by atoms with E-state index in [0.717, 1.165) is 56.6 Å². The summed E-state index contributed by atoms with van der Waals surface area (Å²) in [7, 11) is 1.68. The van der Waals surface area contributed by atoms with Gasteiger partial charge >= 0.3 is 0 Å². The fraction of sp³-hybridized carbons (Fsp3) is 0.565. The Hall–Kier alpha value is -2.98. The lowest BCUT2D eigenvalue weighted by Crippen LogP contribution is -2.60. The monoisotopic (exact) mass is 450 g/mol. The van der Waals surface area contributed by atoms with Crippen LogP contribution in [0.5, 0.6) is 5.75 Å². The fourth-order valence-corrected chi connectivity index (χ4v) is 5.74. The number of hydrogen-bond donors (Lipinski definition) is 2. The van der Waals surface area contributed by atoms with Gasteiger partial charge in [-0.3, -0.25) is 9.67 Å². The van der Waals surface area contributed by atoms with Crippen LogP contribution in [0, 0.1) is 5.41 Å². The predicted molar refractivity (Wildman–Crippen MR) is 124 cm³/mol. The Kier molecular flexibility index (Phi) is 4.88. The minimum atomic E-state index is 0.138. The lowest BCUT2D eigenvalue weighted by molar-refractivity contribution is -0.185. The third-order valence-electron chi connectivity index (χ3n) is 7.67. The molecular formula is C23H30N8O2. The van der Waals surface area contributed by atoms with Gasteiger partial charge in [0.2, 0.25) is 5.95 Å². The van der Waals surface area contributed by atoms with E-state index in [-0.39, 0.29) is 5.95 Å². The minimum absolute atomic E-state index is 0.138. The van der Waals surface area contributed by atoms with E-state index >= 15 is 0 Å². The number of nitrogens with zero attached hydrogens (tertiary/aromatic N) is 6. The van der Waals surface area contributed by atoms with E-state index in [2.05, 4.69) is 26.0 Å². The van der Waals surface area contributed by atoms with E-state index in [1.807, 2.05) is 6.20 Å². The Bertz CT molecular complexity index is 1170. The first-order valence-corrected chi connectivity index (χ1v) is 11.6. The molecule has 174 valence electrons. The van der Waals surface area contributed by atoms with Crippen molar-refractivity contribution < 1.29 is 9.47 Å². The summed E-state index contributed by atoms with van der Waals surface area (Å²) in [5.74, 6) is 1.72. The molecule has 3 aromatic heterocycles. The van der Waals surface area contributed by atoms with Crippen LogP contribution in [0.15, 0.2) is 18.5 Å². The summed E-state index contributed by atoms with van der Waals surface area (Å²) in [5, 5.41) is 4.41. The van der Waals surface area contributed by atoms with Gasteiger partial charge in [-0.15, -0.1) is 0 Å². The second-order valence-electron chi connectivity index (χ2n) is 9.79. The lowest BCUT2D eigenvalue weighted by Gasteiger charge is -2.57. The van der Waals surface area contributed by atoms with E-state index in [9.17, 15) is 0 Å². The van der Waals surface area contributed by atoms with Gasteiger partial charge in [0.05, 0.1) is 33.1 Å². The van der Waals surface area contributed by atoms with E-state index in [4.69, 9.17) is 25.9 Å². The third-order valence-corrected chi connectivity index (χ3v) is 7.67. The summed E-state index contributed by atoms with van der Waals surface area (Å²) < 4.78 is 12.9. The maximum Gasteiger partial charge on any atom is 0.222 e. The van der Waals surface area contributed by atoms with Crippen molar-refractivity contribution in [3.8, 4) is 5.75 Å². The van der Waals surface area contributed by atoms with Gasteiger partial charge in [-0.25, -0.2) is 4.98 Å². The highest BCUT2D eigenvalue weighted by Crippen LogP contribution is 2.49. The van der Waals surface area contributed by atoms with E-state index in [1.54, 1.807) is 18.0 Å². The zero-order valence-corrected chi connectivity index (χ0v) is 18.9. The maximum absolute atomic E-state index is 6.07. The summed E-state index contributed by atoms with van der Waals surface area (Å²) in [4.78, 5) is 15.7. The van der Waals surface area contributed by atoms with Crippen molar-refractivity contribution in [3.63, 3.8) is 0 Å².